The third kappa shape index (κ3) is 1.59. The minimum Gasteiger partial charge on any atom is -0.331 e. The van der Waals surface area contributed by atoms with Crippen molar-refractivity contribution in [3.8, 4) is 0 Å². The van der Waals surface area contributed by atoms with Gasteiger partial charge in [0.25, 0.3) is 0 Å². The maximum Gasteiger partial charge on any atom is 0.319 e. The molecule has 2 unspecified atom stereocenters. The number of nitrogens with two attached hydrogens (primary N) is 1. The summed E-state index contributed by atoms with van der Waals surface area (Å²) >= 11 is 0. The quantitative estimate of drug-likeness (QED) is 0.608. The predicted molar refractivity (Wildman–Crippen MR) is 54.8 cm³/mol. The molecule has 4 nitrogen and oxygen atoms in total. The molecule has 2 aliphatic rings. The molecule has 0 radical (unpaired) electrons. The Bertz CT molecular complexity index is 228. The summed E-state index contributed by atoms with van der Waals surface area (Å²) in [6.07, 6.45) is 2.20. The highest BCUT2D eigenvalue weighted by Crippen LogP contribution is 2.37. The Morgan fingerprint density at radius 1 is 1.29 bits per heavy atom. The standard InChI is InChI=1S/C10H19N3O/c1-12(2)10(14)13-5-7-3-9(11)4-8(7)6-13/h7-9H,3-6,11H2,1-2H3. The number of hydrogen-bond acceptors (Lipinski definition) is 2. The number of amides is 2. The number of urea groups is 1. The average Bonchev–Trinajstić information content (AvgIpc) is 2.59. The van der Waals surface area contributed by atoms with Crippen molar-refractivity contribution in [2.75, 3.05) is 27.2 Å². The first-order valence-corrected chi connectivity index (χ1v) is 5.29. The largest absolute Gasteiger partial charge is 0.331 e. The van der Waals surface area contributed by atoms with Crippen LogP contribution in [0.25, 0.3) is 0 Å². The lowest BCUT2D eigenvalue weighted by molar-refractivity contribution is 0.178. The van der Waals surface area contributed by atoms with Gasteiger partial charge in [-0.1, -0.05) is 0 Å². The SMILES string of the molecule is CN(C)C(=O)N1CC2CC(N)CC2C1. The van der Waals surface area contributed by atoms with E-state index in [-0.39, 0.29) is 6.03 Å². The monoisotopic (exact) mass is 197 g/mol. The fraction of sp³-hybridized carbons (Fsp3) is 0.900. The second kappa shape index (κ2) is 3.42. The molecule has 1 saturated heterocycles. The Morgan fingerprint density at radius 2 is 1.79 bits per heavy atom. The zero-order valence-corrected chi connectivity index (χ0v) is 8.94. The van der Waals surface area contributed by atoms with Crippen molar-refractivity contribution in [1.82, 2.24) is 9.80 Å². The van der Waals surface area contributed by atoms with Gasteiger partial charge in [-0.05, 0) is 24.7 Å². The van der Waals surface area contributed by atoms with Crippen molar-refractivity contribution in [2.45, 2.75) is 18.9 Å². The highest BCUT2D eigenvalue weighted by Gasteiger charge is 2.41. The molecular formula is C10H19N3O. The Labute approximate surface area is 85.0 Å². The van der Waals surface area contributed by atoms with Gasteiger partial charge in [0.1, 0.15) is 0 Å². The summed E-state index contributed by atoms with van der Waals surface area (Å²) in [5.41, 5.74) is 5.89. The first kappa shape index (κ1) is 9.77. The number of fused-ring (bicyclic) bond motifs is 1. The van der Waals surface area contributed by atoms with Gasteiger partial charge in [0.05, 0.1) is 0 Å². The van der Waals surface area contributed by atoms with E-state index in [0.29, 0.717) is 17.9 Å². The minimum absolute atomic E-state index is 0.146. The van der Waals surface area contributed by atoms with Crippen molar-refractivity contribution in [3.63, 3.8) is 0 Å². The number of nitrogens with zero attached hydrogens (tertiary/aromatic N) is 2. The summed E-state index contributed by atoms with van der Waals surface area (Å²) in [7, 11) is 3.62. The van der Waals surface area contributed by atoms with Crippen LogP contribution in [-0.2, 0) is 0 Å². The Kier molecular flexibility index (Phi) is 2.39. The van der Waals surface area contributed by atoms with Crippen LogP contribution in [0, 0.1) is 11.8 Å². The molecule has 2 N–H and O–H groups in total. The lowest BCUT2D eigenvalue weighted by atomic mass is 10.0. The van der Waals surface area contributed by atoms with E-state index in [2.05, 4.69) is 0 Å². The van der Waals surface area contributed by atoms with Crippen LogP contribution < -0.4 is 5.73 Å². The van der Waals surface area contributed by atoms with Crippen LogP contribution in [0.15, 0.2) is 0 Å². The maximum atomic E-state index is 11.7. The third-order valence-electron chi connectivity index (χ3n) is 3.44. The van der Waals surface area contributed by atoms with Crippen LogP contribution >= 0.6 is 0 Å². The van der Waals surface area contributed by atoms with Gasteiger partial charge in [0.2, 0.25) is 0 Å². The fourth-order valence-corrected chi connectivity index (χ4v) is 2.79. The molecule has 0 aromatic carbocycles. The summed E-state index contributed by atoms with van der Waals surface area (Å²) in [4.78, 5) is 15.3. The molecule has 0 aromatic heterocycles. The molecule has 2 atom stereocenters. The minimum atomic E-state index is 0.146. The van der Waals surface area contributed by atoms with Crippen LogP contribution in [0.5, 0.6) is 0 Å². The molecule has 0 spiro atoms. The predicted octanol–water partition coefficient (Wildman–Crippen LogP) is 0.337. The van der Waals surface area contributed by atoms with E-state index < -0.39 is 0 Å². The van der Waals surface area contributed by atoms with Gasteiger partial charge >= 0.3 is 6.03 Å². The van der Waals surface area contributed by atoms with Gasteiger partial charge < -0.3 is 15.5 Å². The zero-order chi connectivity index (χ0) is 10.3. The highest BCUT2D eigenvalue weighted by molar-refractivity contribution is 5.74. The molecule has 2 amide bonds. The molecule has 80 valence electrons. The number of rotatable bonds is 0. The maximum absolute atomic E-state index is 11.7. The second-order valence-electron chi connectivity index (χ2n) is 4.83. The lowest BCUT2D eigenvalue weighted by Gasteiger charge is -2.22. The van der Waals surface area contributed by atoms with Gasteiger partial charge in [-0.25, -0.2) is 4.79 Å². The molecule has 1 aliphatic heterocycles. The summed E-state index contributed by atoms with van der Waals surface area (Å²) in [5, 5.41) is 0. The Balaban J connectivity index is 1.94. The van der Waals surface area contributed by atoms with Gasteiger partial charge in [-0.3, -0.25) is 0 Å². The van der Waals surface area contributed by atoms with E-state index in [1.54, 1.807) is 4.90 Å². The molecule has 1 aliphatic carbocycles. The Hall–Kier alpha value is -0.770. The fourth-order valence-electron chi connectivity index (χ4n) is 2.79. The van der Waals surface area contributed by atoms with Crippen molar-refractivity contribution < 1.29 is 4.79 Å². The smallest absolute Gasteiger partial charge is 0.319 e. The number of likely N-dealkylation sites (tertiary alicyclic amines) is 1. The summed E-state index contributed by atoms with van der Waals surface area (Å²) in [6.45, 7) is 1.82. The van der Waals surface area contributed by atoms with Gasteiger partial charge in [-0.15, -0.1) is 0 Å². The molecule has 0 aromatic rings. The summed E-state index contributed by atoms with van der Waals surface area (Å²) in [5.74, 6) is 1.32. The molecule has 1 saturated carbocycles. The third-order valence-corrected chi connectivity index (χ3v) is 3.44. The van der Waals surface area contributed by atoms with Crippen LogP contribution in [0.2, 0.25) is 0 Å². The number of carbonyl (C=O) groups excluding carboxylic acids is 1. The summed E-state index contributed by atoms with van der Waals surface area (Å²) < 4.78 is 0. The molecule has 2 fully saturated rings. The normalized spacial score (nSPS) is 35.9. The van der Waals surface area contributed by atoms with Gasteiger partial charge in [0.15, 0.2) is 0 Å². The van der Waals surface area contributed by atoms with E-state index in [9.17, 15) is 4.79 Å². The highest BCUT2D eigenvalue weighted by atomic mass is 16.2. The Morgan fingerprint density at radius 3 is 2.21 bits per heavy atom. The summed E-state index contributed by atoms with van der Waals surface area (Å²) in [6, 6.07) is 0.523. The van der Waals surface area contributed by atoms with E-state index >= 15 is 0 Å². The first-order chi connectivity index (χ1) is 6.58. The molecular weight excluding hydrogens is 178 g/mol. The molecule has 2 rings (SSSR count). The lowest BCUT2D eigenvalue weighted by Crippen LogP contribution is -2.38. The van der Waals surface area contributed by atoms with E-state index in [1.165, 1.54) is 0 Å². The number of hydrogen-bond donors (Lipinski definition) is 1. The van der Waals surface area contributed by atoms with Crippen molar-refractivity contribution in [3.05, 3.63) is 0 Å². The van der Waals surface area contributed by atoms with E-state index in [1.807, 2.05) is 19.0 Å². The van der Waals surface area contributed by atoms with Gasteiger partial charge in [-0.2, -0.15) is 0 Å². The second-order valence-corrected chi connectivity index (χ2v) is 4.83. The van der Waals surface area contributed by atoms with Crippen LogP contribution in [-0.4, -0.2) is 49.1 Å². The van der Waals surface area contributed by atoms with E-state index in [4.69, 9.17) is 5.73 Å². The topological polar surface area (TPSA) is 49.6 Å². The molecule has 0 bridgehead atoms. The number of carbonyl (C=O) groups is 1. The molecule has 14 heavy (non-hydrogen) atoms. The van der Waals surface area contributed by atoms with E-state index in [0.717, 1.165) is 25.9 Å². The molecule has 4 heteroatoms. The first-order valence-electron chi connectivity index (χ1n) is 5.29. The van der Waals surface area contributed by atoms with Crippen LogP contribution in [0.4, 0.5) is 4.79 Å². The van der Waals surface area contributed by atoms with Crippen molar-refractivity contribution in [1.29, 1.82) is 0 Å². The zero-order valence-electron chi connectivity index (χ0n) is 8.94. The average molecular weight is 197 g/mol. The van der Waals surface area contributed by atoms with Crippen molar-refractivity contribution >= 4 is 6.03 Å². The van der Waals surface area contributed by atoms with Gasteiger partial charge in [0, 0.05) is 33.2 Å². The van der Waals surface area contributed by atoms with Crippen LogP contribution in [0.3, 0.4) is 0 Å². The molecule has 1 heterocycles. The van der Waals surface area contributed by atoms with Crippen LogP contribution in [0.1, 0.15) is 12.8 Å². The van der Waals surface area contributed by atoms with Crippen molar-refractivity contribution in [2.24, 2.45) is 17.6 Å².